The Morgan fingerprint density at radius 3 is 2.53 bits per heavy atom. The van der Waals surface area contributed by atoms with Gasteiger partial charge in [0.2, 0.25) is 0 Å². The van der Waals surface area contributed by atoms with Crippen LogP contribution in [0.4, 0.5) is 0 Å². The summed E-state index contributed by atoms with van der Waals surface area (Å²) in [5.41, 5.74) is 0.272. The summed E-state index contributed by atoms with van der Waals surface area (Å²) in [6.07, 6.45) is 8.36. The zero-order valence-electron chi connectivity index (χ0n) is 13.1. The van der Waals surface area contributed by atoms with Gasteiger partial charge in [-0.1, -0.05) is 33.1 Å². The second-order valence-corrected chi connectivity index (χ2v) is 6.40. The van der Waals surface area contributed by atoms with Crippen molar-refractivity contribution in [2.75, 3.05) is 19.8 Å². The summed E-state index contributed by atoms with van der Waals surface area (Å²) in [6, 6.07) is 0. The van der Waals surface area contributed by atoms with E-state index < -0.39 is 0 Å². The predicted octanol–water partition coefficient (Wildman–Crippen LogP) is 3.11. The summed E-state index contributed by atoms with van der Waals surface area (Å²) >= 11 is 0. The van der Waals surface area contributed by atoms with E-state index in [1.54, 1.807) is 0 Å². The van der Waals surface area contributed by atoms with Crippen LogP contribution in [0.3, 0.4) is 0 Å². The normalized spacial score (nSPS) is 20.8. The van der Waals surface area contributed by atoms with Crippen molar-refractivity contribution >= 4 is 0 Å². The average Bonchev–Trinajstić information content (AvgIpc) is 2.38. The van der Waals surface area contributed by atoms with Crippen molar-refractivity contribution in [1.82, 2.24) is 5.32 Å². The van der Waals surface area contributed by atoms with Gasteiger partial charge in [-0.15, -0.1) is 0 Å². The van der Waals surface area contributed by atoms with Gasteiger partial charge in [0.1, 0.15) is 0 Å². The molecule has 0 spiro atoms. The molecule has 0 heterocycles. The fourth-order valence-corrected chi connectivity index (χ4v) is 2.58. The van der Waals surface area contributed by atoms with Crippen molar-refractivity contribution in [2.24, 2.45) is 5.92 Å². The fourth-order valence-electron chi connectivity index (χ4n) is 2.58. The zero-order valence-corrected chi connectivity index (χ0v) is 13.1. The molecular weight excluding hydrogens is 238 g/mol. The SMILES string of the molecule is CCCCC(CC)COCC(O)CNC1(C)CCC1. The quantitative estimate of drug-likeness (QED) is 0.607. The van der Waals surface area contributed by atoms with Crippen molar-refractivity contribution in [3.63, 3.8) is 0 Å². The van der Waals surface area contributed by atoms with E-state index in [2.05, 4.69) is 26.1 Å². The van der Waals surface area contributed by atoms with Gasteiger partial charge in [-0.05, 0) is 38.5 Å². The van der Waals surface area contributed by atoms with Gasteiger partial charge >= 0.3 is 0 Å². The summed E-state index contributed by atoms with van der Waals surface area (Å²) < 4.78 is 5.67. The fraction of sp³-hybridized carbons (Fsp3) is 1.00. The van der Waals surface area contributed by atoms with Crippen molar-refractivity contribution in [3.05, 3.63) is 0 Å². The Morgan fingerprint density at radius 2 is 2.00 bits per heavy atom. The highest BCUT2D eigenvalue weighted by Gasteiger charge is 2.31. The summed E-state index contributed by atoms with van der Waals surface area (Å²) in [7, 11) is 0. The second-order valence-electron chi connectivity index (χ2n) is 6.40. The van der Waals surface area contributed by atoms with Crippen LogP contribution < -0.4 is 5.32 Å². The maximum absolute atomic E-state index is 9.91. The van der Waals surface area contributed by atoms with Gasteiger partial charge in [-0.25, -0.2) is 0 Å². The molecule has 3 heteroatoms. The van der Waals surface area contributed by atoms with Crippen molar-refractivity contribution in [1.29, 1.82) is 0 Å². The van der Waals surface area contributed by atoms with Crippen LogP contribution in [0.1, 0.15) is 65.7 Å². The minimum Gasteiger partial charge on any atom is -0.389 e. The van der Waals surface area contributed by atoms with E-state index in [1.807, 2.05) is 0 Å². The molecular formula is C16H33NO2. The highest BCUT2D eigenvalue weighted by atomic mass is 16.5. The first-order valence-electron chi connectivity index (χ1n) is 8.10. The molecule has 1 rings (SSSR count). The van der Waals surface area contributed by atoms with Crippen molar-refractivity contribution in [3.8, 4) is 0 Å². The Balaban J connectivity index is 2.03. The number of rotatable bonds is 11. The minimum atomic E-state index is -0.374. The monoisotopic (exact) mass is 271 g/mol. The molecule has 19 heavy (non-hydrogen) atoms. The number of unbranched alkanes of at least 4 members (excludes halogenated alkanes) is 1. The molecule has 0 saturated heterocycles. The second kappa shape index (κ2) is 8.93. The maximum atomic E-state index is 9.91. The summed E-state index contributed by atoms with van der Waals surface area (Å²) in [5.74, 6) is 0.657. The molecule has 0 aromatic heterocycles. The number of hydrogen-bond donors (Lipinski definition) is 2. The van der Waals surface area contributed by atoms with Crippen LogP contribution in [0.15, 0.2) is 0 Å². The summed E-state index contributed by atoms with van der Waals surface area (Å²) in [5, 5.41) is 13.4. The maximum Gasteiger partial charge on any atom is 0.0897 e. The number of aliphatic hydroxyl groups is 1. The zero-order chi connectivity index (χ0) is 14.1. The van der Waals surface area contributed by atoms with Crippen LogP contribution in [-0.4, -0.2) is 36.5 Å². The van der Waals surface area contributed by atoms with Gasteiger partial charge in [-0.2, -0.15) is 0 Å². The van der Waals surface area contributed by atoms with Gasteiger partial charge in [0.15, 0.2) is 0 Å². The Morgan fingerprint density at radius 1 is 1.26 bits per heavy atom. The van der Waals surface area contributed by atoms with Gasteiger partial charge < -0.3 is 15.2 Å². The summed E-state index contributed by atoms with van der Waals surface area (Å²) in [6.45, 7) is 8.60. The third-order valence-electron chi connectivity index (χ3n) is 4.43. The number of ether oxygens (including phenoxy) is 1. The largest absolute Gasteiger partial charge is 0.389 e. The van der Waals surface area contributed by atoms with Crippen molar-refractivity contribution < 1.29 is 9.84 Å². The highest BCUT2D eigenvalue weighted by Crippen LogP contribution is 2.30. The van der Waals surface area contributed by atoms with Gasteiger partial charge in [0, 0.05) is 18.7 Å². The Labute approximate surface area is 119 Å². The van der Waals surface area contributed by atoms with Crippen LogP contribution in [0.2, 0.25) is 0 Å². The van der Waals surface area contributed by atoms with E-state index in [-0.39, 0.29) is 11.6 Å². The number of β-amino-alcohol motifs (C(OH)–C–C–N with tert-alkyl or cyclic N) is 1. The Kier molecular flexibility index (Phi) is 7.96. The highest BCUT2D eigenvalue weighted by molar-refractivity contribution is 4.91. The van der Waals surface area contributed by atoms with Crippen LogP contribution >= 0.6 is 0 Å². The Hall–Kier alpha value is -0.120. The minimum absolute atomic E-state index is 0.272. The standard InChI is InChI=1S/C16H33NO2/c1-4-6-8-14(5-2)12-19-13-15(18)11-17-16(3)9-7-10-16/h14-15,17-18H,4-13H2,1-3H3. The van der Waals surface area contributed by atoms with E-state index >= 15 is 0 Å². The average molecular weight is 271 g/mol. The van der Waals surface area contributed by atoms with Crippen LogP contribution in [-0.2, 0) is 4.74 Å². The molecule has 1 aliphatic rings. The molecule has 2 unspecified atom stereocenters. The lowest BCUT2D eigenvalue weighted by molar-refractivity contribution is 0.0135. The van der Waals surface area contributed by atoms with Gasteiger partial charge in [0.05, 0.1) is 12.7 Å². The number of hydrogen-bond acceptors (Lipinski definition) is 3. The van der Waals surface area contributed by atoms with Gasteiger partial charge in [-0.3, -0.25) is 0 Å². The van der Waals surface area contributed by atoms with E-state index in [9.17, 15) is 5.11 Å². The van der Waals surface area contributed by atoms with Crippen LogP contribution in [0, 0.1) is 5.92 Å². The molecule has 3 nitrogen and oxygen atoms in total. The van der Waals surface area contributed by atoms with E-state index in [4.69, 9.17) is 4.74 Å². The van der Waals surface area contributed by atoms with Gasteiger partial charge in [0.25, 0.3) is 0 Å². The first kappa shape index (κ1) is 16.9. The lowest BCUT2D eigenvalue weighted by Gasteiger charge is -2.40. The smallest absolute Gasteiger partial charge is 0.0897 e. The molecule has 1 fully saturated rings. The van der Waals surface area contributed by atoms with Crippen LogP contribution in [0.25, 0.3) is 0 Å². The molecule has 2 atom stereocenters. The van der Waals surface area contributed by atoms with E-state index in [1.165, 1.54) is 44.9 Å². The lowest BCUT2D eigenvalue weighted by atomic mass is 9.78. The van der Waals surface area contributed by atoms with E-state index in [0.29, 0.717) is 19.1 Å². The lowest BCUT2D eigenvalue weighted by Crippen LogP contribution is -2.51. The van der Waals surface area contributed by atoms with Crippen molar-refractivity contribution in [2.45, 2.75) is 77.4 Å². The predicted molar refractivity (Wildman–Crippen MR) is 80.4 cm³/mol. The van der Waals surface area contributed by atoms with Crippen LogP contribution in [0.5, 0.6) is 0 Å². The molecule has 0 radical (unpaired) electrons. The molecule has 2 N–H and O–H groups in total. The molecule has 114 valence electrons. The number of nitrogens with one attached hydrogen (secondary N) is 1. The third-order valence-corrected chi connectivity index (χ3v) is 4.43. The molecule has 0 aliphatic heterocycles. The Bertz CT molecular complexity index is 229. The first-order chi connectivity index (χ1) is 9.09. The molecule has 1 saturated carbocycles. The number of aliphatic hydroxyl groups excluding tert-OH is 1. The third kappa shape index (κ3) is 6.73. The molecule has 1 aliphatic carbocycles. The van der Waals surface area contributed by atoms with E-state index in [0.717, 1.165) is 6.61 Å². The first-order valence-corrected chi connectivity index (χ1v) is 8.10. The molecule has 0 amide bonds. The molecule has 0 aromatic carbocycles. The summed E-state index contributed by atoms with van der Waals surface area (Å²) in [4.78, 5) is 0. The topological polar surface area (TPSA) is 41.5 Å². The molecule has 0 aromatic rings. The molecule has 0 bridgehead atoms.